The summed E-state index contributed by atoms with van der Waals surface area (Å²) >= 11 is 0. The minimum Gasteiger partial charge on any atom is -0.393 e. The Hall–Kier alpha value is -1.93. The van der Waals surface area contributed by atoms with E-state index in [2.05, 4.69) is 15.4 Å². The number of nitrogens with one attached hydrogen (secondary N) is 1. The van der Waals surface area contributed by atoms with Crippen molar-refractivity contribution in [1.29, 1.82) is 0 Å². The molecule has 3 rings (SSSR count). The summed E-state index contributed by atoms with van der Waals surface area (Å²) in [5, 5.41) is 16.1. The van der Waals surface area contributed by atoms with E-state index in [1.165, 1.54) is 0 Å². The van der Waals surface area contributed by atoms with E-state index in [4.69, 9.17) is 4.52 Å². The molecule has 0 aliphatic carbocycles. The van der Waals surface area contributed by atoms with Gasteiger partial charge in [0.15, 0.2) is 11.5 Å². The molecule has 126 valence electrons. The molecule has 0 atom stereocenters. The number of nitrogens with zero attached hydrogens (tertiary/aromatic N) is 3. The minimum absolute atomic E-state index is 0.0339. The highest BCUT2D eigenvalue weighted by Gasteiger charge is 2.24. The van der Waals surface area contributed by atoms with Gasteiger partial charge < -0.3 is 19.8 Å². The first-order chi connectivity index (χ1) is 11.1. The highest BCUT2D eigenvalue weighted by Crippen LogP contribution is 2.15. The van der Waals surface area contributed by atoms with Crippen LogP contribution in [-0.4, -0.2) is 70.7 Å². The third-order valence-corrected chi connectivity index (χ3v) is 4.31. The van der Waals surface area contributed by atoms with Crippen LogP contribution in [0.4, 0.5) is 0 Å². The molecule has 8 nitrogen and oxygen atoms in total. The molecule has 0 unspecified atom stereocenters. The van der Waals surface area contributed by atoms with Crippen LogP contribution in [0.1, 0.15) is 35.5 Å². The third kappa shape index (κ3) is 4.08. The first-order valence-corrected chi connectivity index (χ1v) is 8.04. The van der Waals surface area contributed by atoms with Gasteiger partial charge in [-0.2, -0.15) is 0 Å². The number of aromatic nitrogens is 1. The van der Waals surface area contributed by atoms with Crippen LogP contribution in [0.15, 0.2) is 10.6 Å². The van der Waals surface area contributed by atoms with Crippen molar-refractivity contribution in [3.05, 3.63) is 17.5 Å². The van der Waals surface area contributed by atoms with Crippen molar-refractivity contribution in [1.82, 2.24) is 20.3 Å². The van der Waals surface area contributed by atoms with Crippen LogP contribution in [0, 0.1) is 0 Å². The average molecular weight is 322 g/mol. The quantitative estimate of drug-likeness (QED) is 0.785. The Morgan fingerprint density at radius 3 is 2.91 bits per heavy atom. The molecule has 0 spiro atoms. The van der Waals surface area contributed by atoms with Crippen molar-refractivity contribution < 1.29 is 19.2 Å². The number of amides is 2. The molecule has 2 saturated heterocycles. The normalized spacial score (nSPS) is 21.1. The Labute approximate surface area is 134 Å². The Kier molecular flexibility index (Phi) is 4.92. The van der Waals surface area contributed by atoms with Crippen LogP contribution in [0.3, 0.4) is 0 Å². The first-order valence-electron chi connectivity index (χ1n) is 8.04. The van der Waals surface area contributed by atoms with Crippen LogP contribution < -0.4 is 5.32 Å². The number of hydrogen-bond donors (Lipinski definition) is 2. The molecule has 0 radical (unpaired) electrons. The molecular weight excluding hydrogens is 300 g/mol. The van der Waals surface area contributed by atoms with E-state index in [0.717, 1.165) is 25.9 Å². The van der Waals surface area contributed by atoms with E-state index in [1.807, 2.05) is 0 Å². The van der Waals surface area contributed by atoms with Crippen LogP contribution in [0.2, 0.25) is 0 Å². The molecule has 3 heterocycles. The Morgan fingerprint density at radius 1 is 1.35 bits per heavy atom. The van der Waals surface area contributed by atoms with Gasteiger partial charge in [0, 0.05) is 45.2 Å². The van der Waals surface area contributed by atoms with Gasteiger partial charge in [0.2, 0.25) is 5.91 Å². The number of likely N-dealkylation sites (tertiary alicyclic amines) is 1. The van der Waals surface area contributed by atoms with E-state index in [0.29, 0.717) is 38.4 Å². The summed E-state index contributed by atoms with van der Waals surface area (Å²) in [6.45, 7) is 3.56. The summed E-state index contributed by atoms with van der Waals surface area (Å²) in [6.07, 6.45) is 1.62. The van der Waals surface area contributed by atoms with Gasteiger partial charge in [-0.3, -0.25) is 14.5 Å². The van der Waals surface area contributed by atoms with Gasteiger partial charge in [-0.05, 0) is 12.8 Å². The largest absolute Gasteiger partial charge is 0.393 e. The van der Waals surface area contributed by atoms with Crippen LogP contribution in [0.25, 0.3) is 0 Å². The summed E-state index contributed by atoms with van der Waals surface area (Å²) in [6, 6.07) is 1.67. The topological polar surface area (TPSA) is 98.9 Å². The van der Waals surface area contributed by atoms with Crippen LogP contribution >= 0.6 is 0 Å². The van der Waals surface area contributed by atoms with Gasteiger partial charge >= 0.3 is 0 Å². The molecule has 2 amide bonds. The number of carbonyl (C=O) groups is 2. The number of aliphatic hydroxyl groups excluding tert-OH is 1. The maximum absolute atomic E-state index is 12.4. The molecule has 0 aromatic carbocycles. The second kappa shape index (κ2) is 7.10. The zero-order valence-corrected chi connectivity index (χ0v) is 13.0. The summed E-state index contributed by atoms with van der Waals surface area (Å²) in [4.78, 5) is 27.6. The standard InChI is InChI=1S/C15H22N4O4/c20-11-1-5-18(6-2-11)10-12-9-13(17-23-12)15(22)19-7-3-14(21)16-4-8-19/h9,11,20H,1-8,10H2,(H,16,21). The molecule has 2 fully saturated rings. The second-order valence-electron chi connectivity index (χ2n) is 6.08. The van der Waals surface area contributed by atoms with Crippen molar-refractivity contribution in [3.8, 4) is 0 Å². The monoisotopic (exact) mass is 322 g/mol. The number of aliphatic hydroxyl groups is 1. The molecule has 8 heteroatoms. The third-order valence-electron chi connectivity index (χ3n) is 4.31. The predicted molar refractivity (Wildman–Crippen MR) is 80.6 cm³/mol. The lowest BCUT2D eigenvalue weighted by molar-refractivity contribution is -0.120. The molecule has 2 N–H and O–H groups in total. The molecule has 23 heavy (non-hydrogen) atoms. The van der Waals surface area contributed by atoms with E-state index < -0.39 is 0 Å². The van der Waals surface area contributed by atoms with E-state index >= 15 is 0 Å². The predicted octanol–water partition coefficient (Wildman–Crippen LogP) is -0.407. The highest BCUT2D eigenvalue weighted by molar-refractivity contribution is 5.92. The number of rotatable bonds is 3. The van der Waals surface area contributed by atoms with Crippen LogP contribution in [-0.2, 0) is 11.3 Å². The molecule has 0 bridgehead atoms. The zero-order valence-electron chi connectivity index (χ0n) is 13.0. The van der Waals surface area contributed by atoms with Crippen LogP contribution in [0.5, 0.6) is 0 Å². The SMILES string of the molecule is O=C1CCN(C(=O)c2cc(CN3CCC(O)CC3)on2)CCN1. The van der Waals surface area contributed by atoms with Crippen molar-refractivity contribution in [2.24, 2.45) is 0 Å². The summed E-state index contributed by atoms with van der Waals surface area (Å²) < 4.78 is 5.27. The molecule has 2 aliphatic heterocycles. The molecule has 1 aromatic rings. The molecule has 1 aromatic heterocycles. The van der Waals surface area contributed by atoms with Crippen molar-refractivity contribution in [2.75, 3.05) is 32.7 Å². The maximum atomic E-state index is 12.4. The smallest absolute Gasteiger partial charge is 0.276 e. The van der Waals surface area contributed by atoms with E-state index in [9.17, 15) is 14.7 Å². The maximum Gasteiger partial charge on any atom is 0.276 e. The van der Waals surface area contributed by atoms with Gasteiger partial charge in [0.05, 0.1) is 12.6 Å². The molecule has 0 saturated carbocycles. The van der Waals surface area contributed by atoms with Crippen molar-refractivity contribution in [2.45, 2.75) is 31.9 Å². The summed E-state index contributed by atoms with van der Waals surface area (Å²) in [5.41, 5.74) is 0.284. The van der Waals surface area contributed by atoms with Gasteiger partial charge in [-0.15, -0.1) is 0 Å². The second-order valence-corrected chi connectivity index (χ2v) is 6.08. The Morgan fingerprint density at radius 2 is 2.13 bits per heavy atom. The van der Waals surface area contributed by atoms with Gasteiger partial charge in [-0.25, -0.2) is 0 Å². The lowest BCUT2D eigenvalue weighted by atomic mass is 10.1. The number of piperidine rings is 1. The van der Waals surface area contributed by atoms with Crippen molar-refractivity contribution >= 4 is 11.8 Å². The van der Waals surface area contributed by atoms with E-state index in [1.54, 1.807) is 11.0 Å². The van der Waals surface area contributed by atoms with Gasteiger partial charge in [-0.1, -0.05) is 5.16 Å². The zero-order chi connectivity index (χ0) is 16.2. The van der Waals surface area contributed by atoms with Crippen molar-refractivity contribution in [3.63, 3.8) is 0 Å². The first kappa shape index (κ1) is 15.9. The Balaban J connectivity index is 1.57. The minimum atomic E-state index is -0.211. The fraction of sp³-hybridized carbons (Fsp3) is 0.667. The fourth-order valence-corrected chi connectivity index (χ4v) is 2.92. The highest BCUT2D eigenvalue weighted by atomic mass is 16.5. The molecule has 2 aliphatic rings. The average Bonchev–Trinajstić information content (AvgIpc) is 2.90. The van der Waals surface area contributed by atoms with E-state index in [-0.39, 0.29) is 23.6 Å². The molecular formula is C15H22N4O4. The Bertz CT molecular complexity index is 566. The fourth-order valence-electron chi connectivity index (χ4n) is 2.92. The lowest BCUT2D eigenvalue weighted by Gasteiger charge is -2.28. The summed E-state index contributed by atoms with van der Waals surface area (Å²) in [5.74, 6) is 0.410. The number of hydrogen-bond acceptors (Lipinski definition) is 6. The van der Waals surface area contributed by atoms with Gasteiger partial charge in [0.25, 0.3) is 5.91 Å². The summed E-state index contributed by atoms with van der Waals surface area (Å²) in [7, 11) is 0. The van der Waals surface area contributed by atoms with Gasteiger partial charge in [0.1, 0.15) is 0 Å². The lowest BCUT2D eigenvalue weighted by Crippen LogP contribution is -2.35. The number of carbonyl (C=O) groups excluding carboxylic acids is 2.